The number of carbonyl (C=O) groups is 1. The lowest BCUT2D eigenvalue weighted by Gasteiger charge is -2.45. The number of halogens is 3. The van der Waals surface area contributed by atoms with Crippen molar-refractivity contribution in [2.24, 2.45) is 11.3 Å². The molecule has 0 unspecified atom stereocenters. The summed E-state index contributed by atoms with van der Waals surface area (Å²) in [7, 11) is 0. The number of rotatable bonds is 5. The number of nitrogens with zero attached hydrogens (tertiary/aromatic N) is 1. The van der Waals surface area contributed by atoms with Gasteiger partial charge in [-0.2, -0.15) is 0 Å². The van der Waals surface area contributed by atoms with Crippen molar-refractivity contribution < 1.29 is 28.2 Å². The maximum absolute atomic E-state index is 13.5. The van der Waals surface area contributed by atoms with Crippen LogP contribution in [-0.2, 0) is 11.2 Å². The van der Waals surface area contributed by atoms with E-state index in [1.54, 1.807) is 6.07 Å². The second-order valence-corrected chi connectivity index (χ2v) is 8.11. The Morgan fingerprint density at radius 3 is 2.56 bits per heavy atom. The van der Waals surface area contributed by atoms with Crippen LogP contribution in [0.3, 0.4) is 0 Å². The van der Waals surface area contributed by atoms with E-state index in [0.717, 1.165) is 0 Å². The van der Waals surface area contributed by atoms with Crippen molar-refractivity contribution in [3.8, 4) is 0 Å². The summed E-state index contributed by atoms with van der Waals surface area (Å²) in [6.45, 7) is 1.22. The molecule has 3 rings (SSSR count). The zero-order chi connectivity index (χ0) is 19.7. The van der Waals surface area contributed by atoms with Gasteiger partial charge in [-0.15, -0.1) is 0 Å². The maximum atomic E-state index is 13.5. The first-order chi connectivity index (χ1) is 12.7. The van der Waals surface area contributed by atoms with Gasteiger partial charge in [0.15, 0.2) is 0 Å². The van der Waals surface area contributed by atoms with Crippen LogP contribution in [0.25, 0.3) is 0 Å². The molecule has 1 saturated heterocycles. The van der Waals surface area contributed by atoms with E-state index in [-0.39, 0.29) is 31.7 Å². The molecule has 1 aliphatic heterocycles. The van der Waals surface area contributed by atoms with E-state index in [1.165, 1.54) is 18.2 Å². The van der Waals surface area contributed by atoms with E-state index in [4.69, 9.17) is 0 Å². The zero-order valence-electron chi connectivity index (χ0n) is 15.2. The Morgan fingerprint density at radius 1 is 1.22 bits per heavy atom. The number of aliphatic hydroxyl groups excluding tert-OH is 1. The first-order valence-corrected chi connectivity index (χ1v) is 9.46. The summed E-state index contributed by atoms with van der Waals surface area (Å²) in [6.07, 6.45) is -0.106. The average Bonchev–Trinajstić information content (AvgIpc) is 2.59. The number of piperidine rings is 1. The lowest BCUT2D eigenvalue weighted by Crippen LogP contribution is -2.57. The quantitative estimate of drug-likeness (QED) is 0.816. The molecular formula is C20H26F3NO3. The minimum Gasteiger partial charge on any atom is -0.481 e. The van der Waals surface area contributed by atoms with Gasteiger partial charge < -0.3 is 15.1 Å². The number of aliphatic hydroxyl groups is 1. The van der Waals surface area contributed by atoms with Crippen molar-refractivity contribution in [2.45, 2.75) is 50.6 Å². The normalized spacial score (nSPS) is 29.6. The van der Waals surface area contributed by atoms with Crippen LogP contribution in [0.5, 0.6) is 0 Å². The molecule has 27 heavy (non-hydrogen) atoms. The van der Waals surface area contributed by atoms with Crippen molar-refractivity contribution in [2.75, 3.05) is 19.6 Å². The second kappa shape index (κ2) is 7.80. The van der Waals surface area contributed by atoms with Crippen LogP contribution in [0.2, 0.25) is 0 Å². The van der Waals surface area contributed by atoms with Gasteiger partial charge >= 0.3 is 5.97 Å². The third kappa shape index (κ3) is 4.63. The Bertz CT molecular complexity index is 674. The van der Waals surface area contributed by atoms with Gasteiger partial charge in [0.2, 0.25) is 5.92 Å². The van der Waals surface area contributed by atoms with Crippen molar-refractivity contribution in [1.29, 1.82) is 0 Å². The van der Waals surface area contributed by atoms with E-state index in [1.807, 2.05) is 4.90 Å². The molecule has 1 aromatic carbocycles. The molecule has 0 radical (unpaired) electrons. The van der Waals surface area contributed by atoms with Crippen molar-refractivity contribution >= 4 is 5.97 Å². The second-order valence-electron chi connectivity index (χ2n) is 8.11. The monoisotopic (exact) mass is 385 g/mol. The molecule has 2 aliphatic rings. The van der Waals surface area contributed by atoms with E-state index in [9.17, 15) is 28.2 Å². The number of benzene rings is 1. The van der Waals surface area contributed by atoms with Crippen LogP contribution in [0.1, 0.15) is 37.7 Å². The molecule has 1 saturated carbocycles. The summed E-state index contributed by atoms with van der Waals surface area (Å²) in [5.41, 5.74) is -0.902. The number of hydrogen-bond acceptors (Lipinski definition) is 3. The Kier molecular flexibility index (Phi) is 5.82. The summed E-state index contributed by atoms with van der Waals surface area (Å²) in [5.74, 6) is -4.03. The topological polar surface area (TPSA) is 60.8 Å². The number of hydrogen-bond donors (Lipinski definition) is 2. The highest BCUT2D eigenvalue weighted by Gasteiger charge is 2.49. The standard InChI is InChI=1S/C20H26F3NO3/c21-16-3-1-2-15(10-16)11-19(18(26)27)13-24(9-6-17(19)25)12-14-4-7-20(22,23)8-5-14/h1-3,10,14,17,25H,4-9,11-13H2,(H,26,27)/t17-,19+/m0/s1. The summed E-state index contributed by atoms with van der Waals surface area (Å²) < 4.78 is 40.2. The van der Waals surface area contributed by atoms with Gasteiger partial charge in [0.25, 0.3) is 0 Å². The number of likely N-dealkylation sites (tertiary alicyclic amines) is 1. The number of aliphatic carboxylic acids is 1. The Hall–Kier alpha value is -1.60. The first kappa shape index (κ1) is 20.1. The lowest BCUT2D eigenvalue weighted by atomic mass is 9.72. The van der Waals surface area contributed by atoms with Crippen molar-refractivity contribution in [3.63, 3.8) is 0 Å². The van der Waals surface area contributed by atoms with Gasteiger partial charge in [-0.3, -0.25) is 4.79 Å². The molecule has 0 bridgehead atoms. The summed E-state index contributed by atoms with van der Waals surface area (Å²) >= 11 is 0. The fraction of sp³-hybridized carbons (Fsp3) is 0.650. The average molecular weight is 385 g/mol. The summed E-state index contributed by atoms with van der Waals surface area (Å²) in [6, 6.07) is 5.76. The summed E-state index contributed by atoms with van der Waals surface area (Å²) in [5, 5.41) is 20.4. The molecule has 7 heteroatoms. The minimum absolute atomic E-state index is 0.0283. The number of carboxylic acids is 1. The van der Waals surface area contributed by atoms with E-state index in [2.05, 4.69) is 0 Å². The predicted octanol–water partition coefficient (Wildman–Crippen LogP) is 3.33. The molecule has 0 spiro atoms. The number of carboxylic acid groups (broad SMARTS) is 1. The highest BCUT2D eigenvalue weighted by molar-refractivity contribution is 5.76. The van der Waals surface area contributed by atoms with Gasteiger partial charge in [-0.1, -0.05) is 12.1 Å². The molecule has 150 valence electrons. The third-order valence-electron chi connectivity index (χ3n) is 6.05. The zero-order valence-corrected chi connectivity index (χ0v) is 15.2. The van der Waals surface area contributed by atoms with Gasteiger partial charge in [-0.25, -0.2) is 13.2 Å². The van der Waals surface area contributed by atoms with Crippen LogP contribution in [0.15, 0.2) is 24.3 Å². The maximum Gasteiger partial charge on any atom is 0.313 e. The molecule has 0 amide bonds. The van der Waals surface area contributed by atoms with Crippen LogP contribution in [0.4, 0.5) is 13.2 Å². The first-order valence-electron chi connectivity index (χ1n) is 9.46. The van der Waals surface area contributed by atoms with Crippen LogP contribution in [-0.4, -0.2) is 52.7 Å². The van der Waals surface area contributed by atoms with Gasteiger partial charge in [-0.05, 0) is 49.3 Å². The molecular weight excluding hydrogens is 359 g/mol. The van der Waals surface area contributed by atoms with E-state index in [0.29, 0.717) is 37.9 Å². The highest BCUT2D eigenvalue weighted by atomic mass is 19.3. The fourth-order valence-corrected chi connectivity index (χ4v) is 4.44. The molecule has 2 N–H and O–H groups in total. The Balaban J connectivity index is 1.72. The Labute approximate surface area is 157 Å². The SMILES string of the molecule is O=C(O)[C@]1(Cc2cccc(F)c2)CN(CC2CCC(F)(F)CC2)CC[C@@H]1O. The third-order valence-corrected chi connectivity index (χ3v) is 6.05. The minimum atomic E-state index is -2.59. The molecule has 0 aromatic heterocycles. The van der Waals surface area contributed by atoms with E-state index >= 15 is 0 Å². The van der Waals surface area contributed by atoms with Gasteiger partial charge in [0.05, 0.1) is 6.10 Å². The largest absolute Gasteiger partial charge is 0.481 e. The fourth-order valence-electron chi connectivity index (χ4n) is 4.44. The van der Waals surface area contributed by atoms with Gasteiger partial charge in [0.1, 0.15) is 11.2 Å². The molecule has 1 heterocycles. The van der Waals surface area contributed by atoms with Crippen molar-refractivity contribution in [3.05, 3.63) is 35.6 Å². The molecule has 1 aliphatic carbocycles. The molecule has 2 fully saturated rings. The van der Waals surface area contributed by atoms with Crippen molar-refractivity contribution in [1.82, 2.24) is 4.90 Å². The Morgan fingerprint density at radius 2 is 1.93 bits per heavy atom. The molecule has 4 nitrogen and oxygen atoms in total. The highest BCUT2D eigenvalue weighted by Crippen LogP contribution is 2.39. The smallest absolute Gasteiger partial charge is 0.313 e. The van der Waals surface area contributed by atoms with Gasteiger partial charge in [0, 0.05) is 32.5 Å². The van der Waals surface area contributed by atoms with Crippen LogP contribution < -0.4 is 0 Å². The number of alkyl halides is 2. The van der Waals surface area contributed by atoms with E-state index < -0.39 is 29.2 Å². The van der Waals surface area contributed by atoms with Crippen LogP contribution >= 0.6 is 0 Å². The molecule has 2 atom stereocenters. The predicted molar refractivity (Wildman–Crippen MR) is 94.1 cm³/mol. The van der Waals surface area contributed by atoms with Crippen LogP contribution in [0, 0.1) is 17.2 Å². The summed E-state index contributed by atoms with van der Waals surface area (Å²) in [4.78, 5) is 14.1. The lowest BCUT2D eigenvalue weighted by molar-refractivity contribution is -0.163. The molecule has 1 aromatic rings.